The number of hydrogen-bond donors (Lipinski definition) is 5. The quantitative estimate of drug-likeness (QED) is 0.264. The van der Waals surface area contributed by atoms with Crippen molar-refractivity contribution in [1.82, 2.24) is 0 Å². The molecule has 0 amide bonds. The molecule has 0 radical (unpaired) electrons. The third kappa shape index (κ3) is 21.7. The summed E-state index contributed by atoms with van der Waals surface area (Å²) >= 11 is 0. The van der Waals surface area contributed by atoms with Gasteiger partial charge in [-0.2, -0.15) is 0 Å². The van der Waals surface area contributed by atoms with Gasteiger partial charge in [0, 0.05) is 25.5 Å². The van der Waals surface area contributed by atoms with E-state index in [1.54, 1.807) is 56.3 Å². The Hall–Kier alpha value is -3.18. The molecule has 2 aromatic carbocycles. The van der Waals surface area contributed by atoms with Gasteiger partial charge in [-0.15, -0.1) is 0 Å². The Labute approximate surface area is 238 Å². The first kappa shape index (κ1) is 39.0. The topological polar surface area (TPSA) is 169 Å². The van der Waals surface area contributed by atoms with Gasteiger partial charge in [-0.3, -0.25) is 0 Å². The molecular weight excluding hydrogens is 518 g/mol. The standard InChI is InChI=1S/C13H18O4.C12H16O4.C4H11N.CH4O/c1-9(2)17-12(13(15)16-3)8-10-5-4-6-11(14)7-10;1-8(2)16-11(12(14)15)7-9-4-3-5-10(13)6-9;1-4(2,3)5;1-2/h4-7,9,12,14H,8H2,1-3H3;3-6,8,11,13H,7H2,1-2H3,(H,14,15);5H2,1-3H3;2H,1H3/t12-;11-;;/m00../s1. The predicted molar refractivity (Wildman–Crippen MR) is 155 cm³/mol. The van der Waals surface area contributed by atoms with Gasteiger partial charge in [0.2, 0.25) is 0 Å². The molecule has 0 aliphatic carbocycles. The second-order valence-electron chi connectivity index (χ2n) is 10.3. The summed E-state index contributed by atoms with van der Waals surface area (Å²) < 4.78 is 15.5. The largest absolute Gasteiger partial charge is 0.508 e. The molecule has 0 spiro atoms. The number of benzene rings is 2. The van der Waals surface area contributed by atoms with Crippen LogP contribution in [-0.4, -0.2) is 76.5 Å². The number of methoxy groups -OCH3 is 1. The van der Waals surface area contributed by atoms with Crippen molar-refractivity contribution in [2.24, 2.45) is 5.73 Å². The van der Waals surface area contributed by atoms with Crippen molar-refractivity contribution >= 4 is 11.9 Å². The summed E-state index contributed by atoms with van der Waals surface area (Å²) in [6.07, 6.45) is -1.07. The Morgan fingerprint density at radius 2 is 1.15 bits per heavy atom. The van der Waals surface area contributed by atoms with E-state index in [1.807, 2.05) is 40.7 Å². The molecule has 228 valence electrons. The Balaban J connectivity index is 0. The molecule has 2 aromatic rings. The third-order valence-corrected chi connectivity index (χ3v) is 4.28. The van der Waals surface area contributed by atoms with Crippen molar-refractivity contribution in [2.75, 3.05) is 14.2 Å². The molecule has 0 aromatic heterocycles. The fourth-order valence-corrected chi connectivity index (χ4v) is 2.96. The Bertz CT molecular complexity index is 966. The summed E-state index contributed by atoms with van der Waals surface area (Å²) in [5.41, 5.74) is 6.93. The van der Waals surface area contributed by atoms with Crippen LogP contribution in [0.2, 0.25) is 0 Å². The van der Waals surface area contributed by atoms with E-state index in [4.69, 9.17) is 25.4 Å². The van der Waals surface area contributed by atoms with Crippen LogP contribution in [0.3, 0.4) is 0 Å². The van der Waals surface area contributed by atoms with Crippen molar-refractivity contribution in [3.63, 3.8) is 0 Å². The SMILES string of the molecule is CC(C)(C)N.CC(C)O[C@@H](Cc1cccc(O)c1)C(=O)O.CO.COC(=O)[C@H](Cc1cccc(O)c1)OC(C)C. The van der Waals surface area contributed by atoms with Crippen LogP contribution in [0.4, 0.5) is 0 Å². The van der Waals surface area contributed by atoms with Gasteiger partial charge in [-0.05, 0) is 83.9 Å². The Morgan fingerprint density at radius 1 is 0.800 bits per heavy atom. The maximum absolute atomic E-state index is 11.5. The average Bonchev–Trinajstić information content (AvgIpc) is 2.83. The summed E-state index contributed by atoms with van der Waals surface area (Å²) in [4.78, 5) is 22.5. The van der Waals surface area contributed by atoms with Gasteiger partial charge in [0.05, 0.1) is 19.3 Å². The van der Waals surface area contributed by atoms with Crippen LogP contribution in [0, 0.1) is 0 Å². The minimum absolute atomic E-state index is 0. The van der Waals surface area contributed by atoms with Crippen molar-refractivity contribution in [1.29, 1.82) is 0 Å². The Kier molecular flexibility index (Phi) is 20.2. The predicted octanol–water partition coefficient (Wildman–Crippen LogP) is 4.07. The number of aliphatic carboxylic acids is 1. The minimum Gasteiger partial charge on any atom is -0.508 e. The number of carbonyl (C=O) groups excluding carboxylic acids is 1. The lowest BCUT2D eigenvalue weighted by atomic mass is 10.1. The molecule has 0 heterocycles. The molecule has 6 N–H and O–H groups in total. The maximum Gasteiger partial charge on any atom is 0.335 e. The molecule has 10 heteroatoms. The summed E-state index contributed by atoms with van der Waals surface area (Å²) in [5.74, 6) is -1.08. The second-order valence-corrected chi connectivity index (χ2v) is 10.3. The lowest BCUT2D eigenvalue weighted by molar-refractivity contribution is -0.156. The minimum atomic E-state index is -0.989. The zero-order chi connectivity index (χ0) is 31.5. The number of aliphatic hydroxyl groups is 1. The first-order valence-electron chi connectivity index (χ1n) is 12.9. The van der Waals surface area contributed by atoms with Crippen LogP contribution in [0.5, 0.6) is 11.5 Å². The van der Waals surface area contributed by atoms with Crippen molar-refractivity contribution < 1.29 is 44.2 Å². The van der Waals surface area contributed by atoms with E-state index in [0.717, 1.165) is 18.2 Å². The second kappa shape index (κ2) is 20.7. The van der Waals surface area contributed by atoms with Crippen molar-refractivity contribution in [3.8, 4) is 11.5 Å². The van der Waals surface area contributed by atoms with Gasteiger partial charge in [0.25, 0.3) is 0 Å². The van der Waals surface area contributed by atoms with Gasteiger partial charge in [-0.25, -0.2) is 9.59 Å². The van der Waals surface area contributed by atoms with Crippen LogP contribution in [0.25, 0.3) is 0 Å². The zero-order valence-electron chi connectivity index (χ0n) is 25.2. The normalized spacial score (nSPS) is 12.0. The fourth-order valence-electron chi connectivity index (χ4n) is 2.96. The molecule has 0 fully saturated rings. The first-order valence-corrected chi connectivity index (χ1v) is 12.9. The smallest absolute Gasteiger partial charge is 0.335 e. The summed E-state index contributed by atoms with van der Waals surface area (Å²) in [7, 11) is 2.33. The number of aromatic hydroxyl groups is 2. The van der Waals surface area contributed by atoms with Crippen LogP contribution in [0.15, 0.2) is 48.5 Å². The highest BCUT2D eigenvalue weighted by molar-refractivity contribution is 5.75. The average molecular weight is 568 g/mol. The molecule has 0 unspecified atom stereocenters. The van der Waals surface area contributed by atoms with E-state index in [-0.39, 0.29) is 35.7 Å². The fraction of sp³-hybridized carbons (Fsp3) is 0.533. The summed E-state index contributed by atoms with van der Waals surface area (Å²) in [6.45, 7) is 13.2. The number of carbonyl (C=O) groups is 2. The number of carboxylic acid groups (broad SMARTS) is 1. The van der Waals surface area contributed by atoms with E-state index >= 15 is 0 Å². The molecule has 0 saturated carbocycles. The molecule has 0 bridgehead atoms. The van der Waals surface area contributed by atoms with E-state index < -0.39 is 24.1 Å². The van der Waals surface area contributed by atoms with Crippen LogP contribution in [-0.2, 0) is 36.6 Å². The number of nitrogens with two attached hydrogens (primary N) is 1. The number of esters is 1. The molecule has 0 aliphatic heterocycles. The number of carboxylic acids is 1. The van der Waals surface area contributed by atoms with Gasteiger partial charge in [0.15, 0.2) is 12.2 Å². The van der Waals surface area contributed by atoms with Crippen molar-refractivity contribution in [3.05, 3.63) is 59.7 Å². The molecule has 10 nitrogen and oxygen atoms in total. The lowest BCUT2D eigenvalue weighted by Gasteiger charge is -2.18. The zero-order valence-corrected chi connectivity index (χ0v) is 25.2. The number of aliphatic hydroxyl groups excluding tert-OH is 1. The van der Waals surface area contributed by atoms with E-state index in [9.17, 15) is 19.8 Å². The Morgan fingerprint density at radius 3 is 1.45 bits per heavy atom. The van der Waals surface area contributed by atoms with E-state index in [2.05, 4.69) is 4.74 Å². The van der Waals surface area contributed by atoms with Crippen LogP contribution >= 0.6 is 0 Å². The first-order chi connectivity index (χ1) is 18.5. The van der Waals surface area contributed by atoms with E-state index in [1.165, 1.54) is 7.11 Å². The van der Waals surface area contributed by atoms with Gasteiger partial charge in [-0.1, -0.05) is 24.3 Å². The van der Waals surface area contributed by atoms with Crippen LogP contribution in [0.1, 0.15) is 59.6 Å². The maximum atomic E-state index is 11.5. The van der Waals surface area contributed by atoms with Crippen molar-refractivity contribution in [2.45, 2.75) is 91.3 Å². The summed E-state index contributed by atoms with van der Waals surface area (Å²) in [6, 6.07) is 13.3. The van der Waals surface area contributed by atoms with Crippen LogP contribution < -0.4 is 5.73 Å². The molecule has 0 aliphatic rings. The van der Waals surface area contributed by atoms with Gasteiger partial charge >= 0.3 is 11.9 Å². The number of ether oxygens (including phenoxy) is 3. The lowest BCUT2D eigenvalue weighted by Crippen LogP contribution is -2.30. The molecular formula is C30H49NO9. The molecule has 2 rings (SSSR count). The third-order valence-electron chi connectivity index (χ3n) is 4.28. The number of phenols is 2. The number of phenolic OH excluding ortho intramolecular Hbond substituents is 2. The van der Waals surface area contributed by atoms with E-state index in [0.29, 0.717) is 6.42 Å². The summed E-state index contributed by atoms with van der Waals surface area (Å²) in [5, 5.41) is 34.6. The monoisotopic (exact) mass is 567 g/mol. The highest BCUT2D eigenvalue weighted by atomic mass is 16.6. The van der Waals surface area contributed by atoms with Gasteiger partial charge in [0.1, 0.15) is 11.5 Å². The van der Waals surface area contributed by atoms with Gasteiger partial charge < -0.3 is 40.4 Å². The molecule has 0 saturated heterocycles. The number of rotatable bonds is 10. The molecule has 40 heavy (non-hydrogen) atoms. The number of hydrogen-bond acceptors (Lipinski definition) is 9. The highest BCUT2D eigenvalue weighted by Crippen LogP contribution is 2.16. The highest BCUT2D eigenvalue weighted by Gasteiger charge is 2.22. The molecule has 2 atom stereocenters.